The summed E-state index contributed by atoms with van der Waals surface area (Å²) in [5.74, 6) is 2.55. The van der Waals surface area contributed by atoms with Crippen molar-refractivity contribution in [2.45, 2.75) is 91.5 Å². The molecule has 0 atom stereocenters. The SMILES string of the molecule is CC12CC3(C)CC(C)(C1)CC(Cc1nnc4n1CCCC4)(C2)C3. The van der Waals surface area contributed by atoms with Crippen molar-refractivity contribution in [3.63, 3.8) is 0 Å². The van der Waals surface area contributed by atoms with Gasteiger partial charge in [-0.2, -0.15) is 0 Å². The Kier molecular flexibility index (Phi) is 2.65. The van der Waals surface area contributed by atoms with Crippen LogP contribution in [0.1, 0.15) is 83.8 Å². The molecule has 23 heavy (non-hydrogen) atoms. The number of aromatic nitrogens is 3. The van der Waals surface area contributed by atoms with Crippen LogP contribution < -0.4 is 0 Å². The maximum Gasteiger partial charge on any atom is 0.133 e. The summed E-state index contributed by atoms with van der Waals surface area (Å²) in [6.45, 7) is 8.89. The van der Waals surface area contributed by atoms with Crippen molar-refractivity contribution in [1.29, 1.82) is 0 Å². The molecule has 5 aliphatic rings. The minimum absolute atomic E-state index is 0.494. The minimum atomic E-state index is 0.494. The Labute approximate surface area is 140 Å². The van der Waals surface area contributed by atoms with Crippen LogP contribution in [0, 0.1) is 21.7 Å². The summed E-state index contributed by atoms with van der Waals surface area (Å²) in [6, 6.07) is 0. The van der Waals surface area contributed by atoms with Gasteiger partial charge in [-0.25, -0.2) is 0 Å². The van der Waals surface area contributed by atoms with E-state index in [-0.39, 0.29) is 0 Å². The first-order valence-corrected chi connectivity index (χ1v) is 9.71. The normalized spacial score (nSPS) is 47.8. The van der Waals surface area contributed by atoms with Gasteiger partial charge in [0.2, 0.25) is 0 Å². The second-order valence-electron chi connectivity index (χ2n) is 10.8. The van der Waals surface area contributed by atoms with Crippen molar-refractivity contribution < 1.29 is 0 Å². The smallest absolute Gasteiger partial charge is 0.133 e. The van der Waals surface area contributed by atoms with Gasteiger partial charge in [-0.3, -0.25) is 0 Å². The Morgan fingerprint density at radius 1 is 0.826 bits per heavy atom. The second kappa shape index (κ2) is 4.21. The van der Waals surface area contributed by atoms with Crippen molar-refractivity contribution >= 4 is 0 Å². The van der Waals surface area contributed by atoms with Crippen LogP contribution in [0.5, 0.6) is 0 Å². The van der Waals surface area contributed by atoms with E-state index < -0.39 is 0 Å². The van der Waals surface area contributed by atoms with Crippen molar-refractivity contribution in [2.24, 2.45) is 21.7 Å². The molecule has 4 bridgehead atoms. The van der Waals surface area contributed by atoms with E-state index in [1.807, 2.05) is 0 Å². The van der Waals surface area contributed by atoms with Gasteiger partial charge in [-0.1, -0.05) is 20.8 Å². The van der Waals surface area contributed by atoms with Crippen LogP contribution in [0.15, 0.2) is 0 Å². The Morgan fingerprint density at radius 3 is 2.04 bits per heavy atom. The molecule has 1 aromatic heterocycles. The van der Waals surface area contributed by atoms with Gasteiger partial charge in [-0.15, -0.1) is 10.2 Å². The maximum absolute atomic E-state index is 4.66. The molecule has 0 aromatic carbocycles. The molecule has 0 N–H and O–H groups in total. The van der Waals surface area contributed by atoms with E-state index in [1.54, 1.807) is 0 Å². The number of rotatable bonds is 2. The average Bonchev–Trinajstić information content (AvgIpc) is 2.76. The molecule has 2 heterocycles. The maximum atomic E-state index is 4.66. The summed E-state index contributed by atoms with van der Waals surface area (Å²) < 4.78 is 2.47. The van der Waals surface area contributed by atoms with Crippen LogP contribution >= 0.6 is 0 Å². The molecular weight excluding hydrogens is 282 g/mol. The fraction of sp³-hybridized carbons (Fsp3) is 0.900. The molecular formula is C20H31N3. The molecule has 126 valence electrons. The molecule has 0 unspecified atom stereocenters. The van der Waals surface area contributed by atoms with Crippen molar-refractivity contribution in [3.05, 3.63) is 11.6 Å². The highest BCUT2D eigenvalue weighted by atomic mass is 15.3. The van der Waals surface area contributed by atoms with Crippen molar-refractivity contribution in [1.82, 2.24) is 14.8 Å². The van der Waals surface area contributed by atoms with Crippen molar-refractivity contribution in [2.75, 3.05) is 0 Å². The Bertz CT molecular complexity index is 604. The van der Waals surface area contributed by atoms with E-state index in [0.717, 1.165) is 13.0 Å². The lowest BCUT2D eigenvalue weighted by atomic mass is 9.36. The number of aryl methyl sites for hydroxylation is 1. The summed E-state index contributed by atoms with van der Waals surface area (Å²) >= 11 is 0. The molecule has 4 fully saturated rings. The zero-order valence-corrected chi connectivity index (χ0v) is 15.1. The second-order valence-corrected chi connectivity index (χ2v) is 10.8. The summed E-state index contributed by atoms with van der Waals surface area (Å²) in [7, 11) is 0. The molecule has 4 aliphatic carbocycles. The highest BCUT2D eigenvalue weighted by molar-refractivity contribution is 5.16. The molecule has 6 rings (SSSR count). The largest absolute Gasteiger partial charge is 0.315 e. The van der Waals surface area contributed by atoms with Gasteiger partial charge in [0.1, 0.15) is 11.6 Å². The molecule has 0 spiro atoms. The zero-order chi connectivity index (χ0) is 15.9. The molecule has 4 saturated carbocycles. The quantitative estimate of drug-likeness (QED) is 0.802. The summed E-state index contributed by atoms with van der Waals surface area (Å²) in [6.07, 6.45) is 13.5. The fourth-order valence-electron chi connectivity index (χ4n) is 8.58. The average molecular weight is 313 g/mol. The van der Waals surface area contributed by atoms with Gasteiger partial charge in [0.05, 0.1) is 0 Å². The number of hydrogen-bond donors (Lipinski definition) is 0. The van der Waals surface area contributed by atoms with Gasteiger partial charge in [0, 0.05) is 19.4 Å². The van der Waals surface area contributed by atoms with Crippen LogP contribution in [0.3, 0.4) is 0 Å². The van der Waals surface area contributed by atoms with Gasteiger partial charge in [-0.05, 0) is 73.0 Å². The third-order valence-electron chi connectivity index (χ3n) is 7.44. The number of fused-ring (bicyclic) bond motifs is 1. The van der Waals surface area contributed by atoms with Gasteiger partial charge in [0.25, 0.3) is 0 Å². The standard InChI is InChI=1S/C20H31N3/c1-17-9-18(2)11-19(3,10-17)14-20(12-17,13-18)8-16-22-21-15-6-4-5-7-23(15)16/h4-14H2,1-3H3. The van der Waals surface area contributed by atoms with E-state index in [4.69, 9.17) is 0 Å². The third-order valence-corrected chi connectivity index (χ3v) is 7.44. The first kappa shape index (κ1) is 14.5. The van der Waals surface area contributed by atoms with Crippen LogP contribution in [0.25, 0.3) is 0 Å². The van der Waals surface area contributed by atoms with E-state index in [0.29, 0.717) is 21.7 Å². The summed E-state index contributed by atoms with van der Waals surface area (Å²) in [5, 5.41) is 9.17. The van der Waals surface area contributed by atoms with E-state index in [9.17, 15) is 0 Å². The van der Waals surface area contributed by atoms with Crippen LogP contribution in [-0.2, 0) is 19.4 Å². The van der Waals surface area contributed by atoms with Crippen LogP contribution in [0.4, 0.5) is 0 Å². The summed E-state index contributed by atoms with van der Waals surface area (Å²) in [4.78, 5) is 0. The molecule has 0 radical (unpaired) electrons. The highest BCUT2D eigenvalue weighted by Crippen LogP contribution is 2.74. The highest BCUT2D eigenvalue weighted by Gasteiger charge is 2.63. The van der Waals surface area contributed by atoms with E-state index in [2.05, 4.69) is 35.5 Å². The monoisotopic (exact) mass is 313 g/mol. The molecule has 1 aromatic rings. The lowest BCUT2D eigenvalue weighted by Gasteiger charge is -2.69. The summed E-state index contributed by atoms with van der Waals surface area (Å²) in [5.41, 5.74) is 2.21. The van der Waals surface area contributed by atoms with E-state index >= 15 is 0 Å². The molecule has 3 nitrogen and oxygen atoms in total. The lowest BCUT2D eigenvalue weighted by molar-refractivity contribution is -0.183. The van der Waals surface area contributed by atoms with Crippen LogP contribution in [-0.4, -0.2) is 14.8 Å². The Morgan fingerprint density at radius 2 is 1.43 bits per heavy atom. The predicted molar refractivity (Wildman–Crippen MR) is 91.1 cm³/mol. The third kappa shape index (κ3) is 2.14. The zero-order valence-electron chi connectivity index (χ0n) is 15.1. The number of hydrogen-bond acceptors (Lipinski definition) is 2. The van der Waals surface area contributed by atoms with Gasteiger partial charge >= 0.3 is 0 Å². The van der Waals surface area contributed by atoms with Crippen LogP contribution in [0.2, 0.25) is 0 Å². The first-order valence-electron chi connectivity index (χ1n) is 9.71. The minimum Gasteiger partial charge on any atom is -0.315 e. The Hall–Kier alpha value is -0.860. The topological polar surface area (TPSA) is 30.7 Å². The molecule has 0 amide bonds. The predicted octanol–water partition coefficient (Wildman–Crippen LogP) is 4.54. The molecule has 1 aliphatic heterocycles. The fourth-order valence-corrected chi connectivity index (χ4v) is 8.58. The van der Waals surface area contributed by atoms with Crippen molar-refractivity contribution in [3.8, 4) is 0 Å². The lowest BCUT2D eigenvalue weighted by Crippen LogP contribution is -2.59. The van der Waals surface area contributed by atoms with Gasteiger partial charge < -0.3 is 4.57 Å². The first-order chi connectivity index (χ1) is 10.8. The Balaban J connectivity index is 1.52. The van der Waals surface area contributed by atoms with E-state index in [1.165, 1.54) is 69.4 Å². The molecule has 0 saturated heterocycles. The molecule has 3 heteroatoms. The number of nitrogens with zero attached hydrogens (tertiary/aromatic N) is 3. The van der Waals surface area contributed by atoms with Gasteiger partial charge in [0.15, 0.2) is 0 Å².